The van der Waals surface area contributed by atoms with Crippen molar-refractivity contribution < 1.29 is 4.74 Å². The molecule has 1 aromatic heterocycles. The molecule has 1 aliphatic rings. The van der Waals surface area contributed by atoms with E-state index in [2.05, 4.69) is 18.7 Å². The first-order valence-corrected chi connectivity index (χ1v) is 7.46. The number of rotatable bonds is 5. The van der Waals surface area contributed by atoms with Crippen molar-refractivity contribution in [2.75, 3.05) is 25.2 Å². The maximum absolute atomic E-state index is 6.14. The molecule has 1 heterocycles. The normalized spacial score (nSPS) is 19.1. The second-order valence-electron chi connectivity index (χ2n) is 5.08. The summed E-state index contributed by atoms with van der Waals surface area (Å²) in [5.41, 5.74) is 7.27. The molecule has 0 aliphatic heterocycles. The van der Waals surface area contributed by atoms with Gasteiger partial charge in [0.05, 0.1) is 12.3 Å². The van der Waals surface area contributed by atoms with Crippen LogP contribution in [-0.2, 0) is 11.2 Å². The van der Waals surface area contributed by atoms with Crippen LogP contribution in [0, 0.1) is 0 Å². The van der Waals surface area contributed by atoms with Crippen molar-refractivity contribution in [1.29, 1.82) is 0 Å². The number of nitrogens with zero attached hydrogens (tertiary/aromatic N) is 2. The van der Waals surface area contributed by atoms with E-state index in [1.807, 2.05) is 0 Å². The number of hydrogen-bond acceptors (Lipinski definition) is 5. The SMILES string of the molecule is COCCN(c1nc2c(s1)CCCC2N)C(C)C. The van der Waals surface area contributed by atoms with Crippen molar-refractivity contribution >= 4 is 16.5 Å². The molecule has 2 rings (SSSR count). The molecule has 0 fully saturated rings. The molecule has 5 heteroatoms. The average molecular weight is 269 g/mol. The summed E-state index contributed by atoms with van der Waals surface area (Å²) in [6.07, 6.45) is 3.39. The summed E-state index contributed by atoms with van der Waals surface area (Å²) >= 11 is 1.81. The number of methoxy groups -OCH3 is 1. The third-order valence-electron chi connectivity index (χ3n) is 3.39. The largest absolute Gasteiger partial charge is 0.383 e. The molecule has 1 atom stereocenters. The van der Waals surface area contributed by atoms with E-state index in [9.17, 15) is 0 Å². The summed E-state index contributed by atoms with van der Waals surface area (Å²) < 4.78 is 5.18. The smallest absolute Gasteiger partial charge is 0.186 e. The Morgan fingerprint density at radius 3 is 2.94 bits per heavy atom. The maximum Gasteiger partial charge on any atom is 0.186 e. The van der Waals surface area contributed by atoms with Crippen LogP contribution in [0.2, 0.25) is 0 Å². The molecule has 18 heavy (non-hydrogen) atoms. The number of thiazole rings is 1. The predicted octanol–water partition coefficient (Wildman–Crippen LogP) is 2.34. The summed E-state index contributed by atoms with van der Waals surface area (Å²) in [5.74, 6) is 0. The number of anilines is 1. The van der Waals surface area contributed by atoms with Crippen LogP contribution in [0.3, 0.4) is 0 Å². The van der Waals surface area contributed by atoms with Crippen molar-refractivity contribution in [2.45, 2.75) is 45.2 Å². The molecule has 0 saturated heterocycles. The lowest BCUT2D eigenvalue weighted by Gasteiger charge is -2.25. The van der Waals surface area contributed by atoms with Crippen molar-refractivity contribution in [2.24, 2.45) is 5.73 Å². The average Bonchev–Trinajstić information content (AvgIpc) is 2.74. The summed E-state index contributed by atoms with van der Waals surface area (Å²) in [4.78, 5) is 8.46. The molecule has 0 spiro atoms. The molecule has 2 N–H and O–H groups in total. The van der Waals surface area contributed by atoms with Gasteiger partial charge in [-0.2, -0.15) is 0 Å². The highest BCUT2D eigenvalue weighted by molar-refractivity contribution is 7.15. The third-order valence-corrected chi connectivity index (χ3v) is 4.56. The van der Waals surface area contributed by atoms with Crippen molar-refractivity contribution in [1.82, 2.24) is 4.98 Å². The molecule has 0 saturated carbocycles. The Kier molecular flexibility index (Phi) is 4.59. The lowest BCUT2D eigenvalue weighted by atomic mass is 9.99. The van der Waals surface area contributed by atoms with Crippen LogP contribution >= 0.6 is 11.3 Å². The molecular formula is C13H23N3OS. The van der Waals surface area contributed by atoms with Crippen LogP contribution in [0.25, 0.3) is 0 Å². The molecule has 1 unspecified atom stereocenters. The van der Waals surface area contributed by atoms with E-state index >= 15 is 0 Å². The number of nitrogens with two attached hydrogens (primary N) is 1. The van der Waals surface area contributed by atoms with Gasteiger partial charge in [-0.1, -0.05) is 0 Å². The van der Waals surface area contributed by atoms with Gasteiger partial charge in [0, 0.05) is 30.6 Å². The van der Waals surface area contributed by atoms with Gasteiger partial charge in [-0.05, 0) is 33.1 Å². The van der Waals surface area contributed by atoms with E-state index in [1.54, 1.807) is 18.4 Å². The predicted molar refractivity (Wildman–Crippen MR) is 76.3 cm³/mol. The van der Waals surface area contributed by atoms with Gasteiger partial charge < -0.3 is 15.4 Å². The third kappa shape index (κ3) is 2.84. The summed E-state index contributed by atoms with van der Waals surface area (Å²) in [5, 5.41) is 1.10. The van der Waals surface area contributed by atoms with Gasteiger partial charge in [-0.25, -0.2) is 4.98 Å². The Hall–Kier alpha value is -0.650. The van der Waals surface area contributed by atoms with Crippen LogP contribution in [0.1, 0.15) is 43.3 Å². The van der Waals surface area contributed by atoms with E-state index in [1.165, 1.54) is 11.3 Å². The number of fused-ring (bicyclic) bond motifs is 1. The minimum Gasteiger partial charge on any atom is -0.383 e. The van der Waals surface area contributed by atoms with Gasteiger partial charge in [0.25, 0.3) is 0 Å². The highest BCUT2D eigenvalue weighted by Crippen LogP contribution is 2.36. The van der Waals surface area contributed by atoms with Crippen molar-refractivity contribution in [3.05, 3.63) is 10.6 Å². The zero-order valence-electron chi connectivity index (χ0n) is 11.5. The number of aryl methyl sites for hydroxylation is 1. The van der Waals surface area contributed by atoms with Gasteiger partial charge in [0.15, 0.2) is 5.13 Å². The second kappa shape index (κ2) is 5.99. The summed E-state index contributed by atoms with van der Waals surface area (Å²) in [6.45, 7) is 6.00. The molecule has 1 aliphatic carbocycles. The fourth-order valence-corrected chi connectivity index (χ4v) is 3.66. The molecule has 4 nitrogen and oxygen atoms in total. The highest BCUT2D eigenvalue weighted by Gasteiger charge is 2.24. The van der Waals surface area contributed by atoms with Crippen LogP contribution in [0.4, 0.5) is 5.13 Å². The number of hydrogen-bond donors (Lipinski definition) is 1. The Morgan fingerprint density at radius 1 is 1.56 bits per heavy atom. The molecule has 0 radical (unpaired) electrons. The minimum absolute atomic E-state index is 0.134. The van der Waals surface area contributed by atoms with E-state index in [4.69, 9.17) is 15.5 Å². The highest BCUT2D eigenvalue weighted by atomic mass is 32.1. The first kappa shape index (κ1) is 13.8. The van der Waals surface area contributed by atoms with Gasteiger partial charge in [0.2, 0.25) is 0 Å². The Morgan fingerprint density at radius 2 is 2.33 bits per heavy atom. The Labute approximate surface area is 113 Å². The summed E-state index contributed by atoms with van der Waals surface area (Å²) in [7, 11) is 1.74. The minimum atomic E-state index is 0.134. The standard InChI is InChI=1S/C13H23N3OS/c1-9(2)16(7-8-17-3)13-15-12-10(14)5-4-6-11(12)18-13/h9-10H,4-8,14H2,1-3H3. The lowest BCUT2D eigenvalue weighted by molar-refractivity contribution is 0.204. The van der Waals surface area contributed by atoms with E-state index in [-0.39, 0.29) is 6.04 Å². The van der Waals surface area contributed by atoms with Gasteiger partial charge in [-0.3, -0.25) is 0 Å². The molecule has 0 bridgehead atoms. The summed E-state index contributed by atoms with van der Waals surface area (Å²) in [6, 6.07) is 0.569. The maximum atomic E-state index is 6.14. The Balaban J connectivity index is 2.20. The van der Waals surface area contributed by atoms with Crippen LogP contribution in [0.5, 0.6) is 0 Å². The van der Waals surface area contributed by atoms with Gasteiger partial charge in [0.1, 0.15) is 0 Å². The number of ether oxygens (including phenoxy) is 1. The fraction of sp³-hybridized carbons (Fsp3) is 0.769. The zero-order valence-corrected chi connectivity index (χ0v) is 12.3. The van der Waals surface area contributed by atoms with E-state index < -0.39 is 0 Å². The van der Waals surface area contributed by atoms with Crippen molar-refractivity contribution in [3.8, 4) is 0 Å². The quantitative estimate of drug-likeness (QED) is 0.891. The topological polar surface area (TPSA) is 51.4 Å². The molecule has 102 valence electrons. The van der Waals surface area contributed by atoms with Crippen LogP contribution < -0.4 is 10.6 Å². The van der Waals surface area contributed by atoms with Gasteiger partial charge >= 0.3 is 0 Å². The van der Waals surface area contributed by atoms with Gasteiger partial charge in [-0.15, -0.1) is 11.3 Å². The molecule has 0 amide bonds. The van der Waals surface area contributed by atoms with E-state index in [0.29, 0.717) is 6.04 Å². The fourth-order valence-electron chi connectivity index (χ4n) is 2.33. The second-order valence-corrected chi connectivity index (χ2v) is 6.15. The zero-order chi connectivity index (χ0) is 13.1. The first-order chi connectivity index (χ1) is 8.63. The van der Waals surface area contributed by atoms with Crippen molar-refractivity contribution in [3.63, 3.8) is 0 Å². The molecule has 1 aromatic rings. The van der Waals surface area contributed by atoms with Crippen LogP contribution in [0.15, 0.2) is 0 Å². The Bertz CT molecular complexity index is 392. The monoisotopic (exact) mass is 269 g/mol. The number of aromatic nitrogens is 1. The molecule has 0 aromatic carbocycles. The lowest BCUT2D eigenvalue weighted by Crippen LogP contribution is -2.33. The van der Waals surface area contributed by atoms with Crippen LogP contribution in [-0.4, -0.2) is 31.3 Å². The molecular weight excluding hydrogens is 246 g/mol. The first-order valence-electron chi connectivity index (χ1n) is 6.64. The van der Waals surface area contributed by atoms with E-state index in [0.717, 1.165) is 36.8 Å².